The predicted octanol–water partition coefficient (Wildman–Crippen LogP) is 3.74. The molecule has 2 aromatic heterocycles. The minimum absolute atomic E-state index is 0.0401. The summed E-state index contributed by atoms with van der Waals surface area (Å²) in [5, 5.41) is 7.37. The molecule has 0 radical (unpaired) electrons. The molecule has 3 rings (SSSR count). The molecule has 0 saturated heterocycles. The highest BCUT2D eigenvalue weighted by atomic mass is 19.3. The number of rotatable bonds is 6. The largest absolute Gasteiger partial charge is 0.435 e. The van der Waals surface area contributed by atoms with Crippen LogP contribution in [0.15, 0.2) is 48.8 Å². The Morgan fingerprint density at radius 2 is 1.83 bits per heavy atom. The second-order valence-electron chi connectivity index (χ2n) is 7.37. The fourth-order valence-corrected chi connectivity index (χ4v) is 2.55. The van der Waals surface area contributed by atoms with E-state index in [2.05, 4.69) is 25.1 Å². The van der Waals surface area contributed by atoms with Crippen LogP contribution in [-0.4, -0.2) is 32.3 Å². The maximum absolute atomic E-state index is 12.5. The monoisotopic (exact) mass is 401 g/mol. The first kappa shape index (κ1) is 20.4. The topological polar surface area (TPSA) is 81.9 Å². The number of amides is 1. The number of alkyl halides is 2. The maximum atomic E-state index is 12.5. The number of carbonyl (C=O) groups excluding carboxylic acids is 1. The first-order valence-corrected chi connectivity index (χ1v) is 8.94. The van der Waals surface area contributed by atoms with Gasteiger partial charge in [-0.05, 0) is 23.8 Å². The zero-order valence-electron chi connectivity index (χ0n) is 16.3. The van der Waals surface area contributed by atoms with Crippen molar-refractivity contribution >= 4 is 11.7 Å². The average molecular weight is 401 g/mol. The number of aromatic nitrogens is 4. The van der Waals surface area contributed by atoms with E-state index in [1.54, 1.807) is 36.7 Å². The Kier molecular flexibility index (Phi) is 5.86. The van der Waals surface area contributed by atoms with Crippen molar-refractivity contribution in [3.05, 3.63) is 60.0 Å². The van der Waals surface area contributed by atoms with Gasteiger partial charge in [0.15, 0.2) is 0 Å². The lowest BCUT2D eigenvalue weighted by Crippen LogP contribution is -2.18. The summed E-state index contributed by atoms with van der Waals surface area (Å²) in [6, 6.07) is 9.40. The van der Waals surface area contributed by atoms with Crippen LogP contribution in [0.25, 0.3) is 5.95 Å². The van der Waals surface area contributed by atoms with E-state index in [4.69, 9.17) is 0 Å². The van der Waals surface area contributed by atoms with E-state index in [1.165, 1.54) is 16.8 Å². The molecule has 0 spiro atoms. The number of nitrogens with one attached hydrogen (secondary N) is 1. The highest BCUT2D eigenvalue weighted by Gasteiger charge is 2.22. The molecule has 0 bridgehead atoms. The quantitative estimate of drug-likeness (QED) is 0.680. The Labute approximate surface area is 166 Å². The molecule has 0 aliphatic heterocycles. The number of hydrogen-bond acceptors (Lipinski definition) is 5. The summed E-state index contributed by atoms with van der Waals surface area (Å²) in [6.07, 6.45) is 3.24. The molecular formula is C20H21F2N5O2. The number of ether oxygens (including phenoxy) is 1. The third kappa shape index (κ3) is 5.34. The highest BCUT2D eigenvalue weighted by Crippen LogP contribution is 2.25. The van der Waals surface area contributed by atoms with Crippen molar-refractivity contribution in [3.8, 4) is 11.7 Å². The summed E-state index contributed by atoms with van der Waals surface area (Å²) >= 11 is 0. The van der Waals surface area contributed by atoms with E-state index in [9.17, 15) is 13.6 Å². The Morgan fingerprint density at radius 3 is 2.41 bits per heavy atom. The Balaban J connectivity index is 1.78. The van der Waals surface area contributed by atoms with E-state index in [1.807, 2.05) is 20.8 Å². The SMILES string of the molecule is CC(C)(C)c1cc(NC(=O)Cc2ccc(OC(F)F)cc2)n(-c2ncccn2)n1. The Morgan fingerprint density at radius 1 is 1.17 bits per heavy atom. The molecule has 0 saturated carbocycles. The molecule has 0 atom stereocenters. The fourth-order valence-electron chi connectivity index (χ4n) is 2.55. The smallest absolute Gasteiger partial charge is 0.387 e. The lowest BCUT2D eigenvalue weighted by atomic mass is 9.92. The average Bonchev–Trinajstić information content (AvgIpc) is 3.08. The van der Waals surface area contributed by atoms with Crippen molar-refractivity contribution in [3.63, 3.8) is 0 Å². The van der Waals surface area contributed by atoms with Gasteiger partial charge in [0.2, 0.25) is 5.91 Å². The lowest BCUT2D eigenvalue weighted by molar-refractivity contribution is -0.115. The Bertz CT molecular complexity index is 967. The van der Waals surface area contributed by atoms with Gasteiger partial charge in [-0.15, -0.1) is 0 Å². The molecule has 0 unspecified atom stereocenters. The van der Waals surface area contributed by atoms with Gasteiger partial charge in [-0.2, -0.15) is 18.6 Å². The van der Waals surface area contributed by atoms with Crippen molar-refractivity contribution in [1.82, 2.24) is 19.7 Å². The minimum Gasteiger partial charge on any atom is -0.435 e. The first-order valence-electron chi connectivity index (χ1n) is 8.94. The normalized spacial score (nSPS) is 11.5. The number of halogens is 2. The van der Waals surface area contributed by atoms with Crippen molar-refractivity contribution in [1.29, 1.82) is 0 Å². The number of nitrogens with zero attached hydrogens (tertiary/aromatic N) is 4. The summed E-state index contributed by atoms with van der Waals surface area (Å²) in [4.78, 5) is 20.9. The van der Waals surface area contributed by atoms with Crippen LogP contribution >= 0.6 is 0 Å². The molecule has 3 aromatic rings. The van der Waals surface area contributed by atoms with Crippen LogP contribution in [0, 0.1) is 0 Å². The van der Waals surface area contributed by atoms with E-state index in [0.29, 0.717) is 17.3 Å². The van der Waals surface area contributed by atoms with Crippen molar-refractivity contribution in [2.24, 2.45) is 0 Å². The maximum Gasteiger partial charge on any atom is 0.387 e. The summed E-state index contributed by atoms with van der Waals surface area (Å²) in [6.45, 7) is 3.15. The van der Waals surface area contributed by atoms with Crippen molar-refractivity contribution < 1.29 is 18.3 Å². The van der Waals surface area contributed by atoms with E-state index in [0.717, 1.165) is 5.69 Å². The van der Waals surface area contributed by atoms with Crippen molar-refractivity contribution in [2.75, 3.05) is 5.32 Å². The lowest BCUT2D eigenvalue weighted by Gasteiger charge is -2.13. The van der Waals surface area contributed by atoms with Gasteiger partial charge in [0.05, 0.1) is 12.1 Å². The fraction of sp³-hybridized carbons (Fsp3) is 0.300. The number of benzene rings is 1. The third-order valence-electron chi connectivity index (χ3n) is 4.00. The van der Waals surface area contributed by atoms with Gasteiger partial charge in [-0.1, -0.05) is 32.9 Å². The molecular weight excluding hydrogens is 380 g/mol. The summed E-state index contributed by atoms with van der Waals surface area (Å²) in [5.41, 5.74) is 1.19. The molecule has 0 fully saturated rings. The van der Waals surface area contributed by atoms with Gasteiger partial charge in [-0.3, -0.25) is 4.79 Å². The molecule has 0 aliphatic rings. The number of carbonyl (C=O) groups is 1. The molecule has 1 aromatic carbocycles. The van der Waals surface area contributed by atoms with Gasteiger partial charge < -0.3 is 10.1 Å². The van der Waals surface area contributed by atoms with Crippen LogP contribution in [0.2, 0.25) is 0 Å². The molecule has 7 nitrogen and oxygen atoms in total. The Hall–Kier alpha value is -3.36. The van der Waals surface area contributed by atoms with Gasteiger partial charge >= 0.3 is 6.61 Å². The predicted molar refractivity (Wildman–Crippen MR) is 103 cm³/mol. The number of anilines is 1. The van der Waals surface area contributed by atoms with E-state index < -0.39 is 6.61 Å². The van der Waals surface area contributed by atoms with Gasteiger partial charge in [-0.25, -0.2) is 9.97 Å². The van der Waals surface area contributed by atoms with Crippen LogP contribution in [0.4, 0.5) is 14.6 Å². The van der Waals surface area contributed by atoms with E-state index in [-0.39, 0.29) is 23.5 Å². The van der Waals surface area contributed by atoms with Crippen LogP contribution in [0.3, 0.4) is 0 Å². The van der Waals surface area contributed by atoms with Gasteiger partial charge in [0.1, 0.15) is 11.6 Å². The second kappa shape index (κ2) is 8.34. The third-order valence-corrected chi connectivity index (χ3v) is 4.00. The standard InChI is InChI=1S/C20H21F2N5O2/c1-20(2,3)15-12-16(27(26-15)19-23-9-4-10-24-19)25-17(28)11-13-5-7-14(8-6-13)29-18(21)22/h4-10,12,18H,11H2,1-3H3,(H,25,28). The number of hydrogen-bond donors (Lipinski definition) is 1. The summed E-state index contributed by atoms with van der Waals surface area (Å²) < 4.78 is 30.3. The van der Waals surface area contributed by atoms with Crippen LogP contribution in [0.5, 0.6) is 5.75 Å². The molecule has 9 heteroatoms. The molecule has 0 aliphatic carbocycles. The molecule has 1 amide bonds. The van der Waals surface area contributed by atoms with E-state index >= 15 is 0 Å². The van der Waals surface area contributed by atoms with Gasteiger partial charge in [0, 0.05) is 23.9 Å². The molecule has 2 heterocycles. The molecule has 1 N–H and O–H groups in total. The minimum atomic E-state index is -2.89. The molecule has 152 valence electrons. The van der Waals surface area contributed by atoms with Crippen LogP contribution < -0.4 is 10.1 Å². The van der Waals surface area contributed by atoms with Crippen LogP contribution in [0.1, 0.15) is 32.0 Å². The van der Waals surface area contributed by atoms with Crippen molar-refractivity contribution in [2.45, 2.75) is 39.2 Å². The second-order valence-corrected chi connectivity index (χ2v) is 7.37. The molecule has 29 heavy (non-hydrogen) atoms. The zero-order valence-corrected chi connectivity index (χ0v) is 16.3. The summed E-state index contributed by atoms with van der Waals surface area (Å²) in [5.74, 6) is 0.541. The highest BCUT2D eigenvalue weighted by molar-refractivity contribution is 5.91. The van der Waals surface area contributed by atoms with Gasteiger partial charge in [0.25, 0.3) is 5.95 Å². The summed E-state index contributed by atoms with van der Waals surface area (Å²) in [7, 11) is 0. The zero-order chi connectivity index (χ0) is 21.0. The first-order chi connectivity index (χ1) is 13.7. The van der Waals surface area contributed by atoms with Crippen LogP contribution in [-0.2, 0) is 16.6 Å².